The maximum atomic E-state index is 6.13. The van der Waals surface area contributed by atoms with Crippen LogP contribution in [0.3, 0.4) is 0 Å². The van der Waals surface area contributed by atoms with Crippen molar-refractivity contribution in [3.05, 3.63) is 52.4 Å². The van der Waals surface area contributed by atoms with Crippen LogP contribution in [0.15, 0.2) is 36.8 Å². The van der Waals surface area contributed by atoms with E-state index in [4.69, 9.17) is 27.9 Å². The molecule has 0 bridgehead atoms. The standard InChI is InChI=1S/C14H11Cl2N3O/c1-19-8-18-13-11(19)5-6-17-14(13)20-7-9-3-2-4-10(15)12(9)16/h2-6,8H,7H2,1H3. The number of fused-ring (bicyclic) bond motifs is 1. The number of benzene rings is 1. The summed E-state index contributed by atoms with van der Waals surface area (Å²) in [5.74, 6) is 0.485. The number of ether oxygens (including phenoxy) is 1. The van der Waals surface area contributed by atoms with Gasteiger partial charge in [-0.25, -0.2) is 9.97 Å². The average molecular weight is 308 g/mol. The van der Waals surface area contributed by atoms with Gasteiger partial charge in [0.25, 0.3) is 0 Å². The summed E-state index contributed by atoms with van der Waals surface area (Å²) >= 11 is 12.1. The molecule has 2 heterocycles. The first-order chi connectivity index (χ1) is 9.66. The van der Waals surface area contributed by atoms with Crippen molar-refractivity contribution < 1.29 is 4.74 Å². The zero-order chi connectivity index (χ0) is 14.1. The van der Waals surface area contributed by atoms with Gasteiger partial charge in [-0.15, -0.1) is 0 Å². The van der Waals surface area contributed by atoms with E-state index < -0.39 is 0 Å². The maximum Gasteiger partial charge on any atom is 0.242 e. The summed E-state index contributed by atoms with van der Waals surface area (Å²) in [6.07, 6.45) is 3.42. The Balaban J connectivity index is 1.89. The highest BCUT2D eigenvalue weighted by molar-refractivity contribution is 6.42. The molecule has 0 aliphatic heterocycles. The summed E-state index contributed by atoms with van der Waals surface area (Å²) in [4.78, 5) is 8.50. The lowest BCUT2D eigenvalue weighted by Gasteiger charge is -2.08. The van der Waals surface area contributed by atoms with Crippen molar-refractivity contribution in [2.45, 2.75) is 6.61 Å². The van der Waals surface area contributed by atoms with Gasteiger partial charge < -0.3 is 9.30 Å². The minimum Gasteiger partial charge on any atom is -0.471 e. The van der Waals surface area contributed by atoms with E-state index in [0.29, 0.717) is 22.5 Å². The molecule has 2 aromatic heterocycles. The fourth-order valence-corrected chi connectivity index (χ4v) is 2.32. The van der Waals surface area contributed by atoms with Crippen LogP contribution in [0.5, 0.6) is 5.88 Å². The normalized spacial score (nSPS) is 10.9. The van der Waals surface area contributed by atoms with Gasteiger partial charge in [0, 0.05) is 18.8 Å². The summed E-state index contributed by atoms with van der Waals surface area (Å²) < 4.78 is 7.64. The molecule has 0 spiro atoms. The summed E-state index contributed by atoms with van der Waals surface area (Å²) in [5.41, 5.74) is 2.51. The van der Waals surface area contributed by atoms with Crippen molar-refractivity contribution in [2.75, 3.05) is 0 Å². The molecule has 3 rings (SSSR count). The van der Waals surface area contributed by atoms with Crippen molar-refractivity contribution in [3.63, 3.8) is 0 Å². The summed E-state index contributed by atoms with van der Waals surface area (Å²) in [6.45, 7) is 0.294. The average Bonchev–Trinajstić information content (AvgIpc) is 2.83. The van der Waals surface area contributed by atoms with Gasteiger partial charge in [0.1, 0.15) is 6.61 Å². The first-order valence-electron chi connectivity index (χ1n) is 5.98. The SMILES string of the molecule is Cn1cnc2c(OCc3cccc(Cl)c3Cl)nccc21. The number of nitrogens with zero attached hydrogens (tertiary/aromatic N) is 3. The molecule has 0 fully saturated rings. The van der Waals surface area contributed by atoms with Crippen molar-refractivity contribution in [2.24, 2.45) is 7.05 Å². The number of halogens is 2. The number of rotatable bonds is 3. The van der Waals surface area contributed by atoms with Crippen molar-refractivity contribution in [1.82, 2.24) is 14.5 Å². The topological polar surface area (TPSA) is 39.9 Å². The molecule has 1 aromatic carbocycles. The highest BCUT2D eigenvalue weighted by Gasteiger charge is 2.10. The monoisotopic (exact) mass is 307 g/mol. The Morgan fingerprint density at radius 1 is 1.20 bits per heavy atom. The molecule has 3 aromatic rings. The Labute approximate surface area is 125 Å². The van der Waals surface area contributed by atoms with Crippen LogP contribution in [0.1, 0.15) is 5.56 Å². The minimum atomic E-state index is 0.294. The van der Waals surface area contributed by atoms with Gasteiger partial charge in [-0.1, -0.05) is 35.3 Å². The number of hydrogen-bond acceptors (Lipinski definition) is 3. The lowest BCUT2D eigenvalue weighted by Crippen LogP contribution is -1.99. The van der Waals surface area contributed by atoms with Crippen molar-refractivity contribution >= 4 is 34.2 Å². The molecule has 0 saturated carbocycles. The van der Waals surface area contributed by atoms with Gasteiger partial charge in [-0.2, -0.15) is 0 Å². The lowest BCUT2D eigenvalue weighted by atomic mass is 10.2. The second kappa shape index (κ2) is 5.31. The molecule has 0 radical (unpaired) electrons. The smallest absolute Gasteiger partial charge is 0.242 e. The minimum absolute atomic E-state index is 0.294. The van der Waals surface area contributed by atoms with Gasteiger partial charge in [-0.05, 0) is 12.1 Å². The molecule has 0 aliphatic carbocycles. The molecule has 102 valence electrons. The zero-order valence-electron chi connectivity index (χ0n) is 10.7. The number of pyridine rings is 1. The highest BCUT2D eigenvalue weighted by Crippen LogP contribution is 2.27. The maximum absolute atomic E-state index is 6.13. The van der Waals surface area contributed by atoms with E-state index in [-0.39, 0.29) is 0 Å². The van der Waals surface area contributed by atoms with E-state index in [1.807, 2.05) is 29.8 Å². The van der Waals surface area contributed by atoms with E-state index in [1.54, 1.807) is 18.6 Å². The Bertz CT molecular complexity index is 770. The number of imidazole rings is 1. The summed E-state index contributed by atoms with van der Waals surface area (Å²) in [5, 5.41) is 1.01. The molecule has 4 nitrogen and oxygen atoms in total. The molecular weight excluding hydrogens is 297 g/mol. The molecule has 20 heavy (non-hydrogen) atoms. The van der Waals surface area contributed by atoms with Crippen LogP contribution in [-0.4, -0.2) is 14.5 Å². The van der Waals surface area contributed by atoms with Gasteiger partial charge in [-0.3, -0.25) is 0 Å². The van der Waals surface area contributed by atoms with Crippen LogP contribution in [0.25, 0.3) is 11.0 Å². The van der Waals surface area contributed by atoms with E-state index in [2.05, 4.69) is 9.97 Å². The van der Waals surface area contributed by atoms with Crippen LogP contribution in [0.4, 0.5) is 0 Å². The largest absolute Gasteiger partial charge is 0.471 e. The Hall–Kier alpha value is -1.78. The van der Waals surface area contributed by atoms with Gasteiger partial charge in [0.2, 0.25) is 5.88 Å². The molecule has 0 unspecified atom stereocenters. The van der Waals surface area contributed by atoms with Crippen LogP contribution in [-0.2, 0) is 13.7 Å². The van der Waals surface area contributed by atoms with Gasteiger partial charge >= 0.3 is 0 Å². The Morgan fingerprint density at radius 3 is 2.90 bits per heavy atom. The highest BCUT2D eigenvalue weighted by atomic mass is 35.5. The summed E-state index contributed by atoms with van der Waals surface area (Å²) in [7, 11) is 1.92. The van der Waals surface area contributed by atoms with Gasteiger partial charge in [0.05, 0.1) is 21.9 Å². The molecular formula is C14H11Cl2N3O. The van der Waals surface area contributed by atoms with E-state index in [1.165, 1.54) is 0 Å². The Kier molecular flexibility index (Phi) is 3.51. The Morgan fingerprint density at radius 2 is 2.05 bits per heavy atom. The van der Waals surface area contributed by atoms with Crippen LogP contribution < -0.4 is 4.74 Å². The number of aryl methyl sites for hydroxylation is 1. The zero-order valence-corrected chi connectivity index (χ0v) is 12.2. The predicted octanol–water partition coefficient (Wildman–Crippen LogP) is 3.85. The third-order valence-electron chi connectivity index (χ3n) is 3.01. The molecule has 0 saturated heterocycles. The van der Waals surface area contributed by atoms with Crippen molar-refractivity contribution in [1.29, 1.82) is 0 Å². The first-order valence-corrected chi connectivity index (χ1v) is 6.74. The number of hydrogen-bond donors (Lipinski definition) is 0. The van der Waals surface area contributed by atoms with E-state index >= 15 is 0 Å². The second-order valence-corrected chi connectivity index (χ2v) is 5.13. The fourth-order valence-electron chi connectivity index (χ4n) is 1.95. The molecule has 0 aliphatic rings. The summed E-state index contributed by atoms with van der Waals surface area (Å²) in [6, 6.07) is 7.33. The van der Waals surface area contributed by atoms with Crippen molar-refractivity contribution in [3.8, 4) is 5.88 Å². The van der Waals surface area contributed by atoms with Gasteiger partial charge in [0.15, 0.2) is 5.52 Å². The molecule has 0 atom stereocenters. The number of aromatic nitrogens is 3. The molecule has 0 N–H and O–H groups in total. The third-order valence-corrected chi connectivity index (χ3v) is 3.86. The second-order valence-electron chi connectivity index (χ2n) is 4.34. The molecule has 6 heteroatoms. The van der Waals surface area contributed by atoms with E-state index in [9.17, 15) is 0 Å². The fraction of sp³-hybridized carbons (Fsp3) is 0.143. The van der Waals surface area contributed by atoms with Crippen LogP contribution in [0.2, 0.25) is 10.0 Å². The predicted molar refractivity (Wildman–Crippen MR) is 79.3 cm³/mol. The molecule has 0 amide bonds. The van der Waals surface area contributed by atoms with Crippen LogP contribution >= 0.6 is 23.2 Å². The third kappa shape index (κ3) is 2.32. The van der Waals surface area contributed by atoms with E-state index in [0.717, 1.165) is 16.6 Å². The quantitative estimate of drug-likeness (QED) is 0.738. The first kappa shape index (κ1) is 13.2. The van der Waals surface area contributed by atoms with Crippen LogP contribution in [0, 0.1) is 0 Å². The lowest BCUT2D eigenvalue weighted by molar-refractivity contribution is 0.297.